The summed E-state index contributed by atoms with van der Waals surface area (Å²) in [6, 6.07) is 9.72. The van der Waals surface area contributed by atoms with Gasteiger partial charge >= 0.3 is 12.1 Å². The van der Waals surface area contributed by atoms with Crippen LogP contribution in [0.2, 0.25) is 5.02 Å². The maximum atomic E-state index is 13.0. The predicted molar refractivity (Wildman–Crippen MR) is 131 cm³/mol. The summed E-state index contributed by atoms with van der Waals surface area (Å²) in [5.41, 5.74) is -2.48. The molecule has 11 heteroatoms. The van der Waals surface area contributed by atoms with Crippen LogP contribution in [0, 0.1) is 0 Å². The van der Waals surface area contributed by atoms with E-state index in [9.17, 15) is 27.9 Å². The zero-order valence-electron chi connectivity index (χ0n) is 20.1. The molecular weight excluding hydrogens is 496 g/mol. The monoisotopic (exact) mass is 524 g/mol. The molecule has 1 saturated heterocycles. The van der Waals surface area contributed by atoms with E-state index >= 15 is 0 Å². The molecule has 190 valence electrons. The van der Waals surface area contributed by atoms with Crippen LogP contribution in [0.15, 0.2) is 41.3 Å². The highest BCUT2D eigenvalue weighted by Crippen LogP contribution is 2.26. The van der Waals surface area contributed by atoms with Crippen molar-refractivity contribution in [1.82, 2.24) is 9.80 Å². The summed E-state index contributed by atoms with van der Waals surface area (Å²) in [7, 11) is -3.81. The van der Waals surface area contributed by atoms with Gasteiger partial charge in [0.25, 0.3) is 0 Å². The molecule has 0 saturated carbocycles. The highest BCUT2D eigenvalue weighted by molar-refractivity contribution is 7.91. The summed E-state index contributed by atoms with van der Waals surface area (Å²) in [4.78, 5) is 40.0. The van der Waals surface area contributed by atoms with Gasteiger partial charge in [0, 0.05) is 24.5 Å². The van der Waals surface area contributed by atoms with Crippen LogP contribution >= 0.6 is 11.6 Å². The molecule has 1 aliphatic heterocycles. The first-order chi connectivity index (χ1) is 16.1. The molecule has 35 heavy (non-hydrogen) atoms. The quantitative estimate of drug-likeness (QED) is 0.634. The number of hydrogen-bond donors (Lipinski definition) is 1. The second-order valence-electron chi connectivity index (χ2n) is 9.75. The summed E-state index contributed by atoms with van der Waals surface area (Å²) in [6.07, 6.45) is -1.06. The molecule has 0 spiro atoms. The lowest BCUT2D eigenvalue weighted by atomic mass is 9.96. The molecule has 1 atom stereocenters. The Bertz CT molecular complexity index is 1270. The second kappa shape index (κ2) is 9.66. The number of piperazine rings is 1. The molecule has 1 aliphatic rings. The number of benzene rings is 2. The fourth-order valence-electron chi connectivity index (χ4n) is 3.93. The van der Waals surface area contributed by atoms with Gasteiger partial charge in [0.2, 0.25) is 5.91 Å². The fourth-order valence-corrected chi connectivity index (χ4v) is 5.37. The standard InChI is InChI=1S/C24H29ClN2O7S/c1-23(2,3)34-22(31)26-10-11-27(24(4,15-26)21(29)30)20(28)9-12-35(32,33)19-8-6-16-13-18(25)7-5-17(16)14-19/h5-8,13-14H,9-12,15H2,1-4H3,(H,29,30). The number of sulfone groups is 1. The molecule has 0 aromatic heterocycles. The number of amides is 2. The topological polar surface area (TPSA) is 121 Å². The first-order valence-corrected chi connectivity index (χ1v) is 13.1. The van der Waals surface area contributed by atoms with Gasteiger partial charge in [-0.1, -0.05) is 23.7 Å². The summed E-state index contributed by atoms with van der Waals surface area (Å²) >= 11 is 5.98. The van der Waals surface area contributed by atoms with Crippen molar-refractivity contribution in [3.05, 3.63) is 41.4 Å². The van der Waals surface area contributed by atoms with Crippen LogP contribution < -0.4 is 0 Å². The highest BCUT2D eigenvalue weighted by atomic mass is 35.5. The lowest BCUT2D eigenvalue weighted by Gasteiger charge is -2.46. The van der Waals surface area contributed by atoms with Crippen LogP contribution in [0.4, 0.5) is 4.79 Å². The summed E-state index contributed by atoms with van der Waals surface area (Å²) in [5, 5.41) is 11.9. The summed E-state index contributed by atoms with van der Waals surface area (Å²) in [5.74, 6) is -2.39. The third-order valence-electron chi connectivity index (χ3n) is 5.82. The lowest BCUT2D eigenvalue weighted by molar-refractivity contribution is -0.162. The van der Waals surface area contributed by atoms with Crippen LogP contribution in [0.5, 0.6) is 0 Å². The Morgan fingerprint density at radius 3 is 2.34 bits per heavy atom. The number of carbonyl (C=O) groups is 3. The van der Waals surface area contributed by atoms with Gasteiger partial charge < -0.3 is 19.6 Å². The van der Waals surface area contributed by atoms with Crippen molar-refractivity contribution < 1.29 is 32.6 Å². The Hall–Kier alpha value is -2.85. The molecule has 1 N–H and O–H groups in total. The van der Waals surface area contributed by atoms with Gasteiger partial charge in [0.1, 0.15) is 5.60 Å². The van der Waals surface area contributed by atoms with Crippen molar-refractivity contribution in [2.45, 2.75) is 50.2 Å². The molecular formula is C24H29ClN2O7S. The Labute approximate surface area is 209 Å². The van der Waals surface area contributed by atoms with E-state index in [1.807, 2.05) is 0 Å². The molecule has 1 heterocycles. The third kappa shape index (κ3) is 6.05. The van der Waals surface area contributed by atoms with Crippen LogP contribution in [0.3, 0.4) is 0 Å². The maximum Gasteiger partial charge on any atom is 0.410 e. The average Bonchev–Trinajstić information content (AvgIpc) is 2.75. The Balaban J connectivity index is 1.73. The van der Waals surface area contributed by atoms with Crippen LogP contribution in [0.25, 0.3) is 10.8 Å². The van der Waals surface area contributed by atoms with Gasteiger partial charge in [-0.2, -0.15) is 0 Å². The summed E-state index contributed by atoms with van der Waals surface area (Å²) in [6.45, 7) is 6.18. The first-order valence-electron chi connectivity index (χ1n) is 11.1. The van der Waals surface area contributed by atoms with Crippen LogP contribution in [-0.4, -0.2) is 77.8 Å². The van der Waals surface area contributed by atoms with Gasteiger partial charge in [-0.05, 0) is 62.7 Å². The maximum absolute atomic E-state index is 13.0. The van der Waals surface area contributed by atoms with Gasteiger partial charge in [-0.3, -0.25) is 4.79 Å². The van der Waals surface area contributed by atoms with E-state index in [0.717, 1.165) is 10.3 Å². The third-order valence-corrected chi connectivity index (χ3v) is 7.77. The van der Waals surface area contributed by atoms with Crippen LogP contribution in [-0.2, 0) is 24.2 Å². The largest absolute Gasteiger partial charge is 0.479 e. The number of halogens is 1. The molecule has 1 unspecified atom stereocenters. The minimum Gasteiger partial charge on any atom is -0.479 e. The smallest absolute Gasteiger partial charge is 0.410 e. The number of carboxylic acids is 1. The molecule has 2 aromatic rings. The molecule has 0 radical (unpaired) electrons. The fraction of sp³-hybridized carbons (Fsp3) is 0.458. The number of aliphatic carboxylic acids is 1. The van der Waals surface area contributed by atoms with E-state index in [1.54, 1.807) is 45.0 Å². The molecule has 2 amide bonds. The number of carbonyl (C=O) groups excluding carboxylic acids is 2. The van der Waals surface area contributed by atoms with E-state index in [-0.39, 0.29) is 24.5 Å². The van der Waals surface area contributed by atoms with Crippen molar-refractivity contribution in [3.63, 3.8) is 0 Å². The van der Waals surface area contributed by atoms with Gasteiger partial charge in [-0.25, -0.2) is 18.0 Å². The van der Waals surface area contributed by atoms with Gasteiger partial charge in [0.05, 0.1) is 17.2 Å². The van der Waals surface area contributed by atoms with Gasteiger partial charge in [-0.15, -0.1) is 0 Å². The molecule has 2 aromatic carbocycles. The van der Waals surface area contributed by atoms with Crippen molar-refractivity contribution in [3.8, 4) is 0 Å². The minimum absolute atomic E-state index is 0.0579. The number of ether oxygens (including phenoxy) is 1. The normalized spacial score (nSPS) is 19.0. The number of rotatable bonds is 5. The van der Waals surface area contributed by atoms with Crippen LogP contribution in [0.1, 0.15) is 34.1 Å². The average molecular weight is 525 g/mol. The van der Waals surface area contributed by atoms with Gasteiger partial charge in [0.15, 0.2) is 15.4 Å². The minimum atomic E-state index is -3.81. The molecule has 0 bridgehead atoms. The number of carboxylic acid groups (broad SMARTS) is 1. The molecule has 9 nitrogen and oxygen atoms in total. The molecule has 0 aliphatic carbocycles. The van der Waals surface area contributed by atoms with Crippen molar-refractivity contribution in [1.29, 1.82) is 0 Å². The number of hydrogen-bond acceptors (Lipinski definition) is 6. The van der Waals surface area contributed by atoms with E-state index < -0.39 is 51.1 Å². The van der Waals surface area contributed by atoms with E-state index in [2.05, 4.69) is 0 Å². The predicted octanol–water partition coefficient (Wildman–Crippen LogP) is 3.58. The van der Waals surface area contributed by atoms with E-state index in [0.29, 0.717) is 10.4 Å². The van der Waals surface area contributed by atoms with Crippen molar-refractivity contribution >= 4 is 50.2 Å². The summed E-state index contributed by atoms with van der Waals surface area (Å²) < 4.78 is 31.2. The highest BCUT2D eigenvalue weighted by Gasteiger charge is 2.48. The second-order valence-corrected chi connectivity index (χ2v) is 12.3. The first kappa shape index (κ1) is 26.7. The van der Waals surface area contributed by atoms with E-state index in [1.165, 1.54) is 24.0 Å². The Morgan fingerprint density at radius 1 is 1.09 bits per heavy atom. The molecule has 1 fully saturated rings. The Morgan fingerprint density at radius 2 is 1.71 bits per heavy atom. The SMILES string of the molecule is CC(C)(C)OC(=O)N1CCN(C(=O)CCS(=O)(=O)c2ccc3cc(Cl)ccc3c2)C(C)(C(=O)O)C1. The Kier molecular flexibility index (Phi) is 7.38. The van der Waals surface area contributed by atoms with Crippen molar-refractivity contribution in [2.75, 3.05) is 25.4 Å². The zero-order valence-corrected chi connectivity index (χ0v) is 21.6. The number of fused-ring (bicyclic) bond motifs is 1. The van der Waals surface area contributed by atoms with Crippen molar-refractivity contribution in [2.24, 2.45) is 0 Å². The zero-order chi connectivity index (χ0) is 26.2. The lowest BCUT2D eigenvalue weighted by Crippen LogP contribution is -2.67. The molecule has 3 rings (SSSR count). The number of nitrogens with zero attached hydrogens (tertiary/aromatic N) is 2. The van der Waals surface area contributed by atoms with E-state index in [4.69, 9.17) is 16.3 Å².